The number of aliphatic hydroxyl groups excluding tert-OH is 2. The zero-order valence-electron chi connectivity index (χ0n) is 19.0. The Kier molecular flexibility index (Phi) is 5.62. The van der Waals surface area contributed by atoms with Crippen LogP contribution in [0.25, 0.3) is 0 Å². The largest absolute Gasteiger partial charge is 0.450 e. The Balaban J connectivity index is 1.94. The second-order valence-corrected chi connectivity index (χ2v) is 11.5. The van der Waals surface area contributed by atoms with Crippen LogP contribution in [0.4, 0.5) is 8.78 Å². The summed E-state index contributed by atoms with van der Waals surface area (Å²) in [6.07, 6.45) is 0.257. The van der Waals surface area contributed by atoms with Crippen LogP contribution in [0.1, 0.15) is 40.5 Å². The van der Waals surface area contributed by atoms with Crippen LogP contribution in [0.15, 0.2) is 23.8 Å². The van der Waals surface area contributed by atoms with Gasteiger partial charge < -0.3 is 14.9 Å². The van der Waals surface area contributed by atoms with Crippen LogP contribution < -0.4 is 0 Å². The average molecular weight is 531 g/mol. The standard InChI is InChI=1S/C24H29BrF2O6/c1-11-7-14-18-19(25)20(26)15-8-13(30)5-6-21(15,3)23(18,27)16(31)9-22(14,4)24(11,17(32)10-28)33-12(2)29/h5-6,8,11,14,16,18-20,28,31H,7,9-10H2,1-4H3/t11-,14+,16+,18-,19+,20+,21+,22+,23-,24-/m1/s1. The summed E-state index contributed by atoms with van der Waals surface area (Å²) in [4.78, 5) is 36.1. The number of alkyl halides is 3. The number of carbonyl (C=O) groups excluding carboxylic acids is 3. The molecule has 2 N–H and O–H groups in total. The number of carbonyl (C=O) groups is 3. The number of halogens is 3. The molecule has 33 heavy (non-hydrogen) atoms. The summed E-state index contributed by atoms with van der Waals surface area (Å²) in [5, 5.41) is 21.1. The predicted octanol–water partition coefficient (Wildman–Crippen LogP) is 2.79. The first-order chi connectivity index (χ1) is 15.2. The number of hydrogen-bond donors (Lipinski definition) is 2. The minimum Gasteiger partial charge on any atom is -0.450 e. The van der Waals surface area contributed by atoms with Crippen molar-refractivity contribution in [2.75, 3.05) is 6.61 Å². The van der Waals surface area contributed by atoms with Gasteiger partial charge in [-0.15, -0.1) is 0 Å². The van der Waals surface area contributed by atoms with Gasteiger partial charge in [0.2, 0.25) is 5.78 Å². The van der Waals surface area contributed by atoms with Crippen LogP contribution in [0.2, 0.25) is 0 Å². The number of aliphatic hydroxyl groups is 2. The molecule has 4 rings (SSSR count). The topological polar surface area (TPSA) is 101 Å². The summed E-state index contributed by atoms with van der Waals surface area (Å²) in [5.74, 6) is -4.27. The van der Waals surface area contributed by atoms with E-state index in [1.54, 1.807) is 13.8 Å². The van der Waals surface area contributed by atoms with Crippen molar-refractivity contribution in [2.45, 2.75) is 68.9 Å². The quantitative estimate of drug-likeness (QED) is 0.429. The van der Waals surface area contributed by atoms with Crippen LogP contribution in [-0.2, 0) is 19.1 Å². The maximum atomic E-state index is 17.3. The van der Waals surface area contributed by atoms with E-state index in [1.807, 2.05) is 0 Å². The number of ether oxygens (including phenoxy) is 1. The fourth-order valence-electron chi connectivity index (χ4n) is 7.68. The fourth-order valence-corrected chi connectivity index (χ4v) is 8.72. The smallest absolute Gasteiger partial charge is 0.303 e. The molecule has 0 saturated heterocycles. The van der Waals surface area contributed by atoms with Gasteiger partial charge in [0.25, 0.3) is 0 Å². The third-order valence-corrected chi connectivity index (χ3v) is 10.1. The molecule has 0 bridgehead atoms. The van der Waals surface area contributed by atoms with Gasteiger partial charge >= 0.3 is 5.97 Å². The molecule has 0 radical (unpaired) electrons. The van der Waals surface area contributed by atoms with Gasteiger partial charge in [-0.3, -0.25) is 14.4 Å². The number of fused-ring (bicyclic) bond motifs is 5. The summed E-state index contributed by atoms with van der Waals surface area (Å²) in [6.45, 7) is 5.10. The summed E-state index contributed by atoms with van der Waals surface area (Å²) < 4.78 is 38.7. The van der Waals surface area contributed by atoms with Crippen molar-refractivity contribution < 1.29 is 38.1 Å². The molecular formula is C24H29BrF2O6. The molecule has 4 aliphatic carbocycles. The molecule has 6 nitrogen and oxygen atoms in total. The minimum absolute atomic E-state index is 0.0259. The van der Waals surface area contributed by atoms with Crippen molar-refractivity contribution in [2.24, 2.45) is 28.6 Å². The SMILES string of the molecule is CC(=O)O[C@@]1(C(=O)CO)[C@H](C)C[C@H]2[C@@H]3[C@H](Br)[C@@H](F)C4=CC(=O)C=C[C@]4(C)[C@@]3(F)[C@@H](O)C[C@@]21C. The van der Waals surface area contributed by atoms with E-state index in [0.717, 1.165) is 13.0 Å². The lowest BCUT2D eigenvalue weighted by molar-refractivity contribution is -0.229. The third kappa shape index (κ3) is 2.79. The first kappa shape index (κ1) is 24.7. The number of ketones is 2. The maximum Gasteiger partial charge on any atom is 0.303 e. The third-order valence-electron chi connectivity index (χ3n) is 9.05. The molecule has 0 aromatic carbocycles. The molecule has 0 unspecified atom stereocenters. The first-order valence-electron chi connectivity index (χ1n) is 11.2. The van der Waals surface area contributed by atoms with Gasteiger partial charge in [0.15, 0.2) is 17.1 Å². The van der Waals surface area contributed by atoms with E-state index in [-0.39, 0.29) is 18.4 Å². The van der Waals surface area contributed by atoms with Crippen LogP contribution in [0.5, 0.6) is 0 Å². The van der Waals surface area contributed by atoms with Crippen LogP contribution in [0.3, 0.4) is 0 Å². The average Bonchev–Trinajstić information content (AvgIpc) is 2.95. The molecule has 0 aromatic heterocycles. The van der Waals surface area contributed by atoms with E-state index in [1.165, 1.54) is 19.1 Å². The molecule has 0 spiro atoms. The molecule has 3 saturated carbocycles. The number of rotatable bonds is 3. The molecule has 0 heterocycles. The van der Waals surface area contributed by atoms with E-state index in [0.29, 0.717) is 0 Å². The Morgan fingerprint density at radius 2 is 1.97 bits per heavy atom. The molecule has 0 amide bonds. The molecular weight excluding hydrogens is 502 g/mol. The summed E-state index contributed by atoms with van der Waals surface area (Å²) in [7, 11) is 0. The molecule has 0 aromatic rings. The Morgan fingerprint density at radius 1 is 1.33 bits per heavy atom. The highest BCUT2D eigenvalue weighted by molar-refractivity contribution is 9.09. The van der Waals surface area contributed by atoms with Crippen molar-refractivity contribution in [3.63, 3.8) is 0 Å². The van der Waals surface area contributed by atoms with Crippen molar-refractivity contribution in [1.82, 2.24) is 0 Å². The van der Waals surface area contributed by atoms with Gasteiger partial charge in [0.1, 0.15) is 12.8 Å². The van der Waals surface area contributed by atoms with Crippen LogP contribution >= 0.6 is 15.9 Å². The summed E-state index contributed by atoms with van der Waals surface area (Å²) in [5.41, 5.74) is -7.00. The molecule has 182 valence electrons. The summed E-state index contributed by atoms with van der Waals surface area (Å²) >= 11 is 3.34. The molecule has 9 heteroatoms. The van der Waals surface area contributed by atoms with Crippen LogP contribution in [-0.4, -0.2) is 62.7 Å². The number of esters is 1. The van der Waals surface area contributed by atoms with Crippen molar-refractivity contribution in [1.29, 1.82) is 0 Å². The Hall–Kier alpha value is -1.45. The van der Waals surface area contributed by atoms with E-state index in [4.69, 9.17) is 4.74 Å². The lowest BCUT2D eigenvalue weighted by Crippen LogP contribution is -2.73. The predicted molar refractivity (Wildman–Crippen MR) is 118 cm³/mol. The molecule has 0 aliphatic heterocycles. The summed E-state index contributed by atoms with van der Waals surface area (Å²) in [6, 6.07) is 0. The zero-order valence-corrected chi connectivity index (χ0v) is 20.6. The maximum absolute atomic E-state index is 17.3. The number of allylic oxidation sites excluding steroid dienone is 4. The first-order valence-corrected chi connectivity index (χ1v) is 12.1. The lowest BCUT2D eigenvalue weighted by Gasteiger charge is -2.64. The Labute approximate surface area is 199 Å². The van der Waals surface area contributed by atoms with Gasteiger partial charge in [-0.1, -0.05) is 35.9 Å². The van der Waals surface area contributed by atoms with Crippen molar-refractivity contribution >= 4 is 33.5 Å². The second kappa shape index (κ2) is 7.52. The second-order valence-electron chi connectivity index (χ2n) is 10.5. The van der Waals surface area contributed by atoms with E-state index >= 15 is 8.78 Å². The van der Waals surface area contributed by atoms with Gasteiger partial charge in [0.05, 0.1) is 10.9 Å². The van der Waals surface area contributed by atoms with E-state index < -0.39 is 81.1 Å². The van der Waals surface area contributed by atoms with Gasteiger partial charge in [-0.05, 0) is 43.4 Å². The van der Waals surface area contributed by atoms with Gasteiger partial charge in [0, 0.05) is 29.6 Å². The normalized spacial score (nSPS) is 50.7. The molecule has 3 fully saturated rings. The van der Waals surface area contributed by atoms with Gasteiger partial charge in [-0.25, -0.2) is 8.78 Å². The highest BCUT2D eigenvalue weighted by atomic mass is 79.9. The fraction of sp³-hybridized carbons (Fsp3) is 0.708. The highest BCUT2D eigenvalue weighted by Gasteiger charge is 2.79. The number of hydrogen-bond acceptors (Lipinski definition) is 6. The zero-order chi connectivity index (χ0) is 24.7. The lowest BCUT2D eigenvalue weighted by atomic mass is 9.44. The van der Waals surface area contributed by atoms with Crippen molar-refractivity contribution in [3.8, 4) is 0 Å². The Bertz CT molecular complexity index is 982. The Morgan fingerprint density at radius 3 is 2.55 bits per heavy atom. The van der Waals surface area contributed by atoms with Gasteiger partial charge in [-0.2, -0.15) is 0 Å². The molecule has 4 aliphatic rings. The van der Waals surface area contributed by atoms with E-state index in [9.17, 15) is 24.6 Å². The minimum atomic E-state index is -2.36. The molecule has 10 atom stereocenters. The van der Waals surface area contributed by atoms with Crippen molar-refractivity contribution in [3.05, 3.63) is 23.8 Å². The van der Waals surface area contributed by atoms with E-state index in [2.05, 4.69) is 15.9 Å². The monoisotopic (exact) mass is 530 g/mol. The highest BCUT2D eigenvalue weighted by Crippen LogP contribution is 2.72. The number of Topliss-reactive ketones (excluding diaryl/α,β-unsaturated/α-hetero) is 1. The van der Waals surface area contributed by atoms with Crippen LogP contribution in [0, 0.1) is 28.6 Å².